The number of hydrogen-bond donors (Lipinski definition) is 0. The Labute approximate surface area is 96.0 Å². The molecule has 0 aliphatic carbocycles. The molecule has 0 bridgehead atoms. The van der Waals surface area contributed by atoms with E-state index in [1.54, 1.807) is 12.1 Å². The molecule has 0 unspecified atom stereocenters. The maximum atomic E-state index is 8.90. The summed E-state index contributed by atoms with van der Waals surface area (Å²) >= 11 is 1.21. The lowest BCUT2D eigenvalue weighted by Crippen LogP contribution is -1.88. The second-order valence-corrected chi connectivity index (χ2v) is 3.57. The largest absolute Gasteiger partial charge is 0.429 e. The summed E-state index contributed by atoms with van der Waals surface area (Å²) in [5, 5.41) is 20.8. The summed E-state index contributed by atoms with van der Waals surface area (Å²) in [5.74, 6) is 0.393. The number of hydrogen-bond acceptors (Lipinski definition) is 5. The Morgan fingerprint density at radius 1 is 1.31 bits per heavy atom. The third-order valence-electron chi connectivity index (χ3n) is 1.80. The van der Waals surface area contributed by atoms with Crippen LogP contribution in [0.15, 0.2) is 24.4 Å². The minimum absolute atomic E-state index is 0.314. The Morgan fingerprint density at radius 2 is 2.19 bits per heavy atom. The van der Waals surface area contributed by atoms with Gasteiger partial charge in [-0.3, -0.25) is 0 Å². The molecule has 0 aliphatic heterocycles. The molecule has 2 rings (SSSR count). The molecule has 0 atom stereocenters. The molecule has 0 amide bonds. The molecule has 1 aromatic carbocycles. The van der Waals surface area contributed by atoms with E-state index in [0.717, 1.165) is 0 Å². The van der Waals surface area contributed by atoms with Crippen LogP contribution in [0, 0.1) is 28.0 Å². The van der Waals surface area contributed by atoms with Gasteiger partial charge in [-0.1, -0.05) is 11.3 Å². The highest BCUT2D eigenvalue weighted by Gasteiger charge is 2.07. The molecule has 16 heavy (non-hydrogen) atoms. The van der Waals surface area contributed by atoms with Crippen LogP contribution >= 0.6 is 11.3 Å². The van der Waals surface area contributed by atoms with Gasteiger partial charge in [0.1, 0.15) is 11.8 Å². The second-order valence-electron chi connectivity index (χ2n) is 2.78. The zero-order valence-electron chi connectivity index (χ0n) is 7.97. The van der Waals surface area contributed by atoms with Crippen LogP contribution in [0.2, 0.25) is 0 Å². The molecule has 2 aromatic rings. The van der Waals surface area contributed by atoms with Crippen molar-refractivity contribution >= 4 is 11.3 Å². The summed E-state index contributed by atoms with van der Waals surface area (Å²) in [7, 11) is 0. The van der Waals surface area contributed by atoms with Gasteiger partial charge in [0.05, 0.1) is 28.8 Å². The molecule has 1 heterocycles. The molecule has 5 heteroatoms. The van der Waals surface area contributed by atoms with E-state index in [-0.39, 0.29) is 0 Å². The Hall–Kier alpha value is -2.37. The number of nitrogens with zero attached hydrogens (tertiary/aromatic N) is 3. The lowest BCUT2D eigenvalue weighted by molar-refractivity contribution is 0.477. The van der Waals surface area contributed by atoms with Crippen LogP contribution in [-0.2, 0) is 0 Å². The molecule has 1 radical (unpaired) electrons. The lowest BCUT2D eigenvalue weighted by atomic mass is 10.1. The Balaban J connectivity index is 2.36. The molecule has 1 aromatic heterocycles. The van der Waals surface area contributed by atoms with Crippen molar-refractivity contribution in [2.75, 3.05) is 0 Å². The number of ether oxygens (including phenoxy) is 1. The van der Waals surface area contributed by atoms with Gasteiger partial charge < -0.3 is 4.74 Å². The Kier molecular flexibility index (Phi) is 2.81. The minimum atomic E-state index is 0.314. The summed E-state index contributed by atoms with van der Waals surface area (Å²) in [4.78, 5) is 3.90. The summed E-state index contributed by atoms with van der Waals surface area (Å²) in [6.07, 6.45) is 1.50. The van der Waals surface area contributed by atoms with E-state index in [1.807, 2.05) is 12.1 Å². The van der Waals surface area contributed by atoms with Crippen LogP contribution in [-0.4, -0.2) is 4.98 Å². The van der Waals surface area contributed by atoms with Gasteiger partial charge >= 0.3 is 0 Å². The monoisotopic (exact) mass is 226 g/mol. The van der Waals surface area contributed by atoms with Crippen LogP contribution in [0.25, 0.3) is 0 Å². The quantitative estimate of drug-likeness (QED) is 0.788. The first-order valence-electron chi connectivity index (χ1n) is 4.27. The van der Waals surface area contributed by atoms with Crippen molar-refractivity contribution in [3.05, 3.63) is 40.9 Å². The van der Waals surface area contributed by atoms with Gasteiger partial charge in [-0.2, -0.15) is 10.5 Å². The topological polar surface area (TPSA) is 69.7 Å². The van der Waals surface area contributed by atoms with E-state index in [1.165, 1.54) is 23.6 Å². The molecule has 0 fully saturated rings. The van der Waals surface area contributed by atoms with Gasteiger partial charge in [-0.25, -0.2) is 4.98 Å². The van der Waals surface area contributed by atoms with Gasteiger partial charge in [0, 0.05) is 0 Å². The smallest absolute Gasteiger partial charge is 0.279 e. The molecule has 0 aliphatic rings. The fourth-order valence-corrected chi connectivity index (χ4v) is 1.54. The van der Waals surface area contributed by atoms with Crippen LogP contribution in [0.5, 0.6) is 10.9 Å². The van der Waals surface area contributed by atoms with Crippen molar-refractivity contribution in [2.24, 2.45) is 0 Å². The first-order valence-corrected chi connectivity index (χ1v) is 5.09. The summed E-state index contributed by atoms with van der Waals surface area (Å²) in [5.41, 5.74) is 0.740. The van der Waals surface area contributed by atoms with Gasteiger partial charge in [-0.15, -0.1) is 0 Å². The number of aromatic nitrogens is 1. The first kappa shape index (κ1) is 10.2. The number of rotatable bonds is 2. The van der Waals surface area contributed by atoms with Crippen molar-refractivity contribution in [2.45, 2.75) is 0 Å². The standard InChI is InChI=1S/C11H4N3OS/c12-6-8-1-2-10(9(5-8)7-13)15-11-14-3-4-16-11/h1-3,5H. The highest BCUT2D eigenvalue weighted by atomic mass is 32.1. The third kappa shape index (κ3) is 2.00. The zero-order valence-corrected chi connectivity index (χ0v) is 8.78. The van der Waals surface area contributed by atoms with Crippen molar-refractivity contribution in [1.29, 1.82) is 10.5 Å². The van der Waals surface area contributed by atoms with Gasteiger partial charge in [0.25, 0.3) is 5.19 Å². The molecule has 4 nitrogen and oxygen atoms in total. The van der Waals surface area contributed by atoms with Crippen LogP contribution < -0.4 is 4.74 Å². The van der Waals surface area contributed by atoms with E-state index in [4.69, 9.17) is 15.3 Å². The van der Waals surface area contributed by atoms with Gasteiger partial charge in [0.15, 0.2) is 0 Å². The van der Waals surface area contributed by atoms with Gasteiger partial charge in [-0.05, 0) is 18.2 Å². The number of thiazole rings is 1. The molecule has 0 saturated carbocycles. The average Bonchev–Trinajstić information content (AvgIpc) is 2.82. The molecule has 0 N–H and O–H groups in total. The van der Waals surface area contributed by atoms with Crippen LogP contribution in [0.3, 0.4) is 0 Å². The fourth-order valence-electron chi connectivity index (χ4n) is 1.10. The molecule has 0 saturated heterocycles. The second kappa shape index (κ2) is 4.43. The normalized spacial score (nSPS) is 9.12. The Morgan fingerprint density at radius 3 is 2.81 bits per heavy atom. The van der Waals surface area contributed by atoms with E-state index in [9.17, 15) is 0 Å². The summed E-state index contributed by atoms with van der Waals surface area (Å²) in [6.45, 7) is 0. The van der Waals surface area contributed by atoms with Crippen molar-refractivity contribution < 1.29 is 4.74 Å². The van der Waals surface area contributed by atoms with E-state index in [0.29, 0.717) is 22.1 Å². The number of nitriles is 2. The van der Waals surface area contributed by atoms with E-state index >= 15 is 0 Å². The Bertz CT molecular complexity index is 578. The van der Waals surface area contributed by atoms with Crippen molar-refractivity contribution in [1.82, 2.24) is 4.98 Å². The highest BCUT2D eigenvalue weighted by molar-refractivity contribution is 7.10. The SMILES string of the molecule is N#Cc1ccc(Oc2nc[c]s2)c(C#N)c1. The zero-order chi connectivity index (χ0) is 11.4. The molecule has 0 spiro atoms. The maximum Gasteiger partial charge on any atom is 0.279 e. The third-order valence-corrected chi connectivity index (χ3v) is 2.38. The lowest BCUT2D eigenvalue weighted by Gasteiger charge is -2.03. The first-order chi connectivity index (χ1) is 7.83. The van der Waals surface area contributed by atoms with E-state index in [2.05, 4.69) is 10.4 Å². The molecule has 75 valence electrons. The maximum absolute atomic E-state index is 8.90. The predicted octanol–water partition coefficient (Wildman–Crippen LogP) is 2.48. The predicted molar refractivity (Wildman–Crippen MR) is 56.9 cm³/mol. The van der Waals surface area contributed by atoms with Crippen LogP contribution in [0.4, 0.5) is 0 Å². The van der Waals surface area contributed by atoms with Crippen LogP contribution in [0.1, 0.15) is 11.1 Å². The molecular weight excluding hydrogens is 222 g/mol. The van der Waals surface area contributed by atoms with Crippen molar-refractivity contribution in [3.8, 4) is 23.1 Å². The molecular formula is C11H4N3OS. The highest BCUT2D eigenvalue weighted by Crippen LogP contribution is 2.26. The average molecular weight is 226 g/mol. The van der Waals surface area contributed by atoms with E-state index < -0.39 is 0 Å². The fraction of sp³-hybridized carbons (Fsp3) is 0. The summed E-state index contributed by atoms with van der Waals surface area (Å²) < 4.78 is 5.38. The minimum Gasteiger partial charge on any atom is -0.429 e. The van der Waals surface area contributed by atoms with Gasteiger partial charge in [0.2, 0.25) is 0 Å². The van der Waals surface area contributed by atoms with Crippen molar-refractivity contribution in [3.63, 3.8) is 0 Å². The summed E-state index contributed by atoms with van der Waals surface area (Å²) in [6, 6.07) is 8.59. The number of benzene rings is 1.